The summed E-state index contributed by atoms with van der Waals surface area (Å²) in [6.07, 6.45) is 2.48. The Labute approximate surface area is 153 Å². The summed E-state index contributed by atoms with van der Waals surface area (Å²) in [7, 11) is 1.65. The molecular formula is C20H24N4O2. The van der Waals surface area contributed by atoms with E-state index in [0.29, 0.717) is 12.1 Å². The molecule has 2 aromatic heterocycles. The fraction of sp³-hybridized carbons (Fsp3) is 0.350. The zero-order valence-electron chi connectivity index (χ0n) is 15.6. The minimum Gasteiger partial charge on any atom is -0.497 e. The van der Waals surface area contributed by atoms with Crippen LogP contribution in [0.1, 0.15) is 41.5 Å². The van der Waals surface area contributed by atoms with Crippen LogP contribution in [-0.4, -0.2) is 34.3 Å². The van der Waals surface area contributed by atoms with Crippen LogP contribution in [0.5, 0.6) is 5.75 Å². The van der Waals surface area contributed by atoms with E-state index in [1.54, 1.807) is 13.3 Å². The van der Waals surface area contributed by atoms with Gasteiger partial charge >= 0.3 is 0 Å². The fourth-order valence-corrected chi connectivity index (χ4v) is 2.92. The second kappa shape index (κ2) is 7.56. The van der Waals surface area contributed by atoms with E-state index in [-0.39, 0.29) is 11.9 Å². The van der Waals surface area contributed by atoms with Gasteiger partial charge in [-0.3, -0.25) is 4.79 Å². The molecule has 136 valence electrons. The number of nitrogens with zero attached hydrogens (tertiary/aromatic N) is 3. The number of amides is 1. The first-order chi connectivity index (χ1) is 12.5. The van der Waals surface area contributed by atoms with Crippen LogP contribution < -0.4 is 10.1 Å². The Balaban J connectivity index is 1.73. The summed E-state index contributed by atoms with van der Waals surface area (Å²) >= 11 is 0. The maximum absolute atomic E-state index is 12.7. The van der Waals surface area contributed by atoms with Gasteiger partial charge in [0.2, 0.25) is 0 Å². The topological polar surface area (TPSA) is 69.0 Å². The van der Waals surface area contributed by atoms with Crippen molar-refractivity contribution in [1.82, 2.24) is 20.1 Å². The molecule has 1 aromatic carbocycles. The SMILES string of the molecule is COc1ccc(CCNC(=O)c2cc(C)nc3c2cnn3C(C)C)cc1. The number of hydrogen-bond donors (Lipinski definition) is 1. The molecule has 6 nitrogen and oxygen atoms in total. The lowest BCUT2D eigenvalue weighted by atomic mass is 10.1. The predicted molar refractivity (Wildman–Crippen MR) is 102 cm³/mol. The third-order valence-corrected chi connectivity index (χ3v) is 4.29. The monoisotopic (exact) mass is 352 g/mol. The summed E-state index contributed by atoms with van der Waals surface area (Å²) in [5, 5.41) is 8.17. The molecule has 0 saturated carbocycles. The van der Waals surface area contributed by atoms with Crippen molar-refractivity contribution in [2.45, 2.75) is 33.2 Å². The number of carbonyl (C=O) groups is 1. The van der Waals surface area contributed by atoms with E-state index >= 15 is 0 Å². The minimum atomic E-state index is -0.0997. The quantitative estimate of drug-likeness (QED) is 0.739. The lowest BCUT2D eigenvalue weighted by molar-refractivity contribution is 0.0955. The number of aromatic nitrogens is 3. The third kappa shape index (κ3) is 3.69. The van der Waals surface area contributed by atoms with Gasteiger partial charge in [-0.25, -0.2) is 9.67 Å². The highest BCUT2D eigenvalue weighted by Gasteiger charge is 2.16. The van der Waals surface area contributed by atoms with Gasteiger partial charge in [0.25, 0.3) is 5.91 Å². The molecule has 26 heavy (non-hydrogen) atoms. The van der Waals surface area contributed by atoms with Crippen LogP contribution in [0.25, 0.3) is 11.0 Å². The van der Waals surface area contributed by atoms with Gasteiger partial charge < -0.3 is 10.1 Å². The van der Waals surface area contributed by atoms with Crippen LogP contribution >= 0.6 is 0 Å². The molecule has 0 saturated heterocycles. The molecule has 6 heteroatoms. The Morgan fingerprint density at radius 2 is 2.00 bits per heavy atom. The van der Waals surface area contributed by atoms with Crippen LogP contribution in [0.2, 0.25) is 0 Å². The summed E-state index contributed by atoms with van der Waals surface area (Å²) in [6.45, 7) is 6.55. The zero-order valence-corrected chi connectivity index (χ0v) is 15.6. The van der Waals surface area contributed by atoms with Crippen LogP contribution in [0.3, 0.4) is 0 Å². The van der Waals surface area contributed by atoms with E-state index in [1.807, 2.05) is 55.8 Å². The normalized spacial score (nSPS) is 11.1. The number of rotatable bonds is 6. The fourth-order valence-electron chi connectivity index (χ4n) is 2.92. The Kier molecular flexibility index (Phi) is 5.21. The molecule has 2 heterocycles. The first kappa shape index (κ1) is 17.9. The number of benzene rings is 1. The zero-order chi connectivity index (χ0) is 18.7. The largest absolute Gasteiger partial charge is 0.497 e. The Bertz CT molecular complexity index is 913. The number of nitrogens with one attached hydrogen (secondary N) is 1. The number of fused-ring (bicyclic) bond motifs is 1. The Hall–Kier alpha value is -2.89. The van der Waals surface area contributed by atoms with Crippen molar-refractivity contribution < 1.29 is 9.53 Å². The highest BCUT2D eigenvalue weighted by atomic mass is 16.5. The Morgan fingerprint density at radius 1 is 1.27 bits per heavy atom. The third-order valence-electron chi connectivity index (χ3n) is 4.29. The van der Waals surface area contributed by atoms with E-state index < -0.39 is 0 Å². The smallest absolute Gasteiger partial charge is 0.252 e. The molecule has 0 unspecified atom stereocenters. The van der Waals surface area contributed by atoms with E-state index in [2.05, 4.69) is 15.4 Å². The van der Waals surface area contributed by atoms with E-state index in [9.17, 15) is 4.79 Å². The van der Waals surface area contributed by atoms with Gasteiger partial charge in [0, 0.05) is 18.3 Å². The second-order valence-corrected chi connectivity index (χ2v) is 6.59. The molecule has 1 N–H and O–H groups in total. The van der Waals surface area contributed by atoms with Crippen molar-refractivity contribution in [3.05, 3.63) is 53.3 Å². The maximum Gasteiger partial charge on any atom is 0.252 e. The van der Waals surface area contributed by atoms with Gasteiger partial charge in [-0.15, -0.1) is 0 Å². The van der Waals surface area contributed by atoms with Crippen LogP contribution in [0.4, 0.5) is 0 Å². The molecule has 3 aromatic rings. The molecule has 0 aliphatic rings. The van der Waals surface area contributed by atoms with Gasteiger partial charge in [0.1, 0.15) is 5.75 Å². The van der Waals surface area contributed by atoms with Crippen molar-refractivity contribution >= 4 is 16.9 Å². The number of pyridine rings is 1. The number of aryl methyl sites for hydroxylation is 1. The summed E-state index contributed by atoms with van der Waals surface area (Å²) < 4.78 is 7.00. The van der Waals surface area contributed by atoms with Crippen LogP contribution in [-0.2, 0) is 6.42 Å². The predicted octanol–water partition coefficient (Wildman–Crippen LogP) is 3.30. The van der Waals surface area contributed by atoms with Crippen LogP contribution in [0, 0.1) is 6.92 Å². The van der Waals surface area contributed by atoms with Crippen molar-refractivity contribution in [2.75, 3.05) is 13.7 Å². The standard InChI is InChI=1S/C20H24N4O2/c1-13(2)24-19-18(12-22-24)17(11-14(3)23-19)20(25)21-10-9-15-5-7-16(26-4)8-6-15/h5-8,11-13H,9-10H2,1-4H3,(H,21,25). The van der Waals surface area contributed by atoms with Gasteiger partial charge in [0.05, 0.1) is 24.3 Å². The lowest BCUT2D eigenvalue weighted by Crippen LogP contribution is -2.26. The Morgan fingerprint density at radius 3 is 2.65 bits per heavy atom. The van der Waals surface area contributed by atoms with Gasteiger partial charge in [-0.1, -0.05) is 12.1 Å². The highest BCUT2D eigenvalue weighted by Crippen LogP contribution is 2.21. The van der Waals surface area contributed by atoms with E-state index in [1.165, 1.54) is 0 Å². The number of ether oxygens (including phenoxy) is 1. The molecule has 0 aliphatic heterocycles. The summed E-state index contributed by atoms with van der Waals surface area (Å²) in [5.74, 6) is 0.729. The summed E-state index contributed by atoms with van der Waals surface area (Å²) in [5.41, 5.74) is 3.32. The molecule has 1 amide bonds. The second-order valence-electron chi connectivity index (χ2n) is 6.59. The van der Waals surface area contributed by atoms with Crippen molar-refractivity contribution in [1.29, 1.82) is 0 Å². The van der Waals surface area contributed by atoms with Crippen LogP contribution in [0.15, 0.2) is 36.5 Å². The van der Waals surface area contributed by atoms with Gasteiger partial charge in [-0.2, -0.15) is 5.10 Å². The first-order valence-electron chi connectivity index (χ1n) is 8.75. The molecule has 0 radical (unpaired) electrons. The highest BCUT2D eigenvalue weighted by molar-refractivity contribution is 6.05. The average Bonchev–Trinajstić information content (AvgIpc) is 3.05. The molecule has 0 atom stereocenters. The number of methoxy groups -OCH3 is 1. The number of hydrogen-bond acceptors (Lipinski definition) is 4. The van der Waals surface area contributed by atoms with Crippen molar-refractivity contribution in [3.63, 3.8) is 0 Å². The average molecular weight is 352 g/mol. The minimum absolute atomic E-state index is 0.0997. The van der Waals surface area contributed by atoms with E-state index in [0.717, 1.165) is 34.5 Å². The summed E-state index contributed by atoms with van der Waals surface area (Å²) in [6, 6.07) is 9.87. The molecule has 0 bridgehead atoms. The molecule has 0 fully saturated rings. The van der Waals surface area contributed by atoms with Gasteiger partial charge in [-0.05, 0) is 51.0 Å². The molecule has 0 aliphatic carbocycles. The lowest BCUT2D eigenvalue weighted by Gasteiger charge is -2.10. The van der Waals surface area contributed by atoms with Crippen molar-refractivity contribution in [3.8, 4) is 5.75 Å². The molecular weight excluding hydrogens is 328 g/mol. The molecule has 3 rings (SSSR count). The van der Waals surface area contributed by atoms with E-state index in [4.69, 9.17) is 4.74 Å². The summed E-state index contributed by atoms with van der Waals surface area (Å²) in [4.78, 5) is 17.2. The van der Waals surface area contributed by atoms with Crippen molar-refractivity contribution in [2.24, 2.45) is 0 Å². The number of carbonyl (C=O) groups excluding carboxylic acids is 1. The van der Waals surface area contributed by atoms with Gasteiger partial charge in [0.15, 0.2) is 5.65 Å². The maximum atomic E-state index is 12.7. The first-order valence-corrected chi connectivity index (χ1v) is 8.75. The molecule has 0 spiro atoms.